The van der Waals surface area contributed by atoms with Gasteiger partial charge in [0.1, 0.15) is 6.07 Å². The lowest BCUT2D eigenvalue weighted by Gasteiger charge is -2.14. The molecule has 108 valence electrons. The average molecular weight is 358 g/mol. The molecule has 0 spiro atoms. The lowest BCUT2D eigenvalue weighted by atomic mass is 9.89. The summed E-state index contributed by atoms with van der Waals surface area (Å²) in [7, 11) is 0. The molecule has 0 aliphatic carbocycles. The average Bonchev–Trinajstić information content (AvgIpc) is 2.59. The highest BCUT2D eigenvalue weighted by Crippen LogP contribution is 2.39. The van der Waals surface area contributed by atoms with Gasteiger partial charge < -0.3 is 0 Å². The van der Waals surface area contributed by atoms with Gasteiger partial charge in [0.05, 0.1) is 5.56 Å². The van der Waals surface area contributed by atoms with Crippen molar-refractivity contribution in [1.82, 2.24) is 0 Å². The molecule has 4 aromatic rings. The minimum absolute atomic E-state index is 0.745. The van der Waals surface area contributed by atoms with Gasteiger partial charge in [0, 0.05) is 15.2 Å². The Labute approximate surface area is 142 Å². The number of halogens is 1. The number of fused-ring (bicyclic) bond motifs is 2. The summed E-state index contributed by atoms with van der Waals surface area (Å²) in [6.45, 7) is 0. The van der Waals surface area contributed by atoms with Crippen molar-refractivity contribution < 1.29 is 0 Å². The zero-order chi connectivity index (χ0) is 15.8. The molecule has 0 radical (unpaired) electrons. The van der Waals surface area contributed by atoms with Crippen LogP contribution in [0.25, 0.3) is 32.7 Å². The smallest absolute Gasteiger partial charge is 0.100 e. The summed E-state index contributed by atoms with van der Waals surface area (Å²) in [6, 6.07) is 27.0. The van der Waals surface area contributed by atoms with E-state index in [0.29, 0.717) is 0 Å². The molecule has 0 amide bonds. The van der Waals surface area contributed by atoms with Gasteiger partial charge in [0.2, 0.25) is 0 Å². The van der Waals surface area contributed by atoms with Crippen molar-refractivity contribution in [3.8, 4) is 17.2 Å². The molecule has 0 fully saturated rings. The fraction of sp³-hybridized carbons (Fsp3) is 0. The van der Waals surface area contributed by atoms with Gasteiger partial charge >= 0.3 is 0 Å². The standard InChI is InChI=1S/C21H12BrN/c22-15-7-5-6-14(12-15)21-18-10-3-1-8-16(18)20(13-23)17-9-2-4-11-19(17)21/h1-12H. The van der Waals surface area contributed by atoms with E-state index in [1.54, 1.807) is 0 Å². The number of hydrogen-bond donors (Lipinski definition) is 0. The van der Waals surface area contributed by atoms with Crippen LogP contribution in [0.15, 0.2) is 77.3 Å². The van der Waals surface area contributed by atoms with Crippen LogP contribution in [0.5, 0.6) is 0 Å². The van der Waals surface area contributed by atoms with E-state index >= 15 is 0 Å². The number of nitriles is 1. The summed E-state index contributed by atoms with van der Waals surface area (Å²) >= 11 is 3.56. The fourth-order valence-corrected chi connectivity index (χ4v) is 3.60. The fourth-order valence-electron chi connectivity index (χ4n) is 3.20. The van der Waals surface area contributed by atoms with Crippen LogP contribution >= 0.6 is 15.9 Å². The van der Waals surface area contributed by atoms with E-state index in [1.807, 2.05) is 48.5 Å². The SMILES string of the molecule is N#Cc1c2ccccc2c(-c2cccc(Br)c2)c2ccccc12. The van der Waals surface area contributed by atoms with Crippen molar-refractivity contribution >= 4 is 37.5 Å². The van der Waals surface area contributed by atoms with E-state index < -0.39 is 0 Å². The number of hydrogen-bond acceptors (Lipinski definition) is 1. The molecule has 0 atom stereocenters. The minimum Gasteiger partial charge on any atom is -0.192 e. The maximum absolute atomic E-state index is 9.68. The van der Waals surface area contributed by atoms with E-state index in [4.69, 9.17) is 0 Å². The molecule has 23 heavy (non-hydrogen) atoms. The number of rotatable bonds is 1. The van der Waals surface area contributed by atoms with Crippen LogP contribution in [-0.2, 0) is 0 Å². The third kappa shape index (κ3) is 2.21. The second-order valence-corrected chi connectivity index (χ2v) is 6.38. The van der Waals surface area contributed by atoms with E-state index in [2.05, 4.69) is 46.3 Å². The van der Waals surface area contributed by atoms with Crippen molar-refractivity contribution in [3.05, 3.63) is 82.8 Å². The van der Waals surface area contributed by atoms with Gasteiger partial charge in [-0.05, 0) is 34.0 Å². The highest BCUT2D eigenvalue weighted by Gasteiger charge is 2.14. The number of nitrogens with zero attached hydrogens (tertiary/aromatic N) is 1. The van der Waals surface area contributed by atoms with Crippen molar-refractivity contribution in [2.24, 2.45) is 0 Å². The number of benzene rings is 4. The summed E-state index contributed by atoms with van der Waals surface area (Å²) in [5.41, 5.74) is 3.07. The van der Waals surface area contributed by atoms with Gasteiger partial charge in [0.25, 0.3) is 0 Å². The van der Waals surface area contributed by atoms with Crippen LogP contribution < -0.4 is 0 Å². The molecule has 4 rings (SSSR count). The topological polar surface area (TPSA) is 23.8 Å². The lowest BCUT2D eigenvalue weighted by Crippen LogP contribution is -1.90. The van der Waals surface area contributed by atoms with Crippen LogP contribution in [0.1, 0.15) is 5.56 Å². The highest BCUT2D eigenvalue weighted by atomic mass is 79.9. The maximum atomic E-state index is 9.68. The quantitative estimate of drug-likeness (QED) is 0.367. The van der Waals surface area contributed by atoms with Gasteiger partial charge in [0.15, 0.2) is 0 Å². The maximum Gasteiger partial charge on any atom is 0.100 e. The summed E-state index contributed by atoms with van der Waals surface area (Å²) in [5, 5.41) is 13.9. The van der Waals surface area contributed by atoms with Crippen LogP contribution in [0.3, 0.4) is 0 Å². The summed E-state index contributed by atoms with van der Waals surface area (Å²) in [4.78, 5) is 0. The predicted molar refractivity (Wildman–Crippen MR) is 99.3 cm³/mol. The Morgan fingerprint density at radius 1 is 0.696 bits per heavy atom. The predicted octanol–water partition coefficient (Wildman–Crippen LogP) is 6.29. The highest BCUT2D eigenvalue weighted by molar-refractivity contribution is 9.10. The van der Waals surface area contributed by atoms with E-state index in [-0.39, 0.29) is 0 Å². The van der Waals surface area contributed by atoms with Crippen molar-refractivity contribution in [2.75, 3.05) is 0 Å². The Morgan fingerprint density at radius 3 is 1.78 bits per heavy atom. The normalized spacial score (nSPS) is 10.8. The molecule has 0 aromatic heterocycles. The molecule has 0 heterocycles. The van der Waals surface area contributed by atoms with Gasteiger partial charge in [-0.25, -0.2) is 0 Å². The van der Waals surface area contributed by atoms with Gasteiger partial charge in [-0.2, -0.15) is 5.26 Å². The van der Waals surface area contributed by atoms with Crippen LogP contribution in [0, 0.1) is 11.3 Å². The molecule has 2 heteroatoms. The monoisotopic (exact) mass is 357 g/mol. The summed E-state index contributed by atoms with van der Waals surface area (Å²) in [6.07, 6.45) is 0. The Balaban J connectivity index is 2.28. The van der Waals surface area contributed by atoms with Crippen LogP contribution in [-0.4, -0.2) is 0 Å². The van der Waals surface area contributed by atoms with E-state index in [9.17, 15) is 5.26 Å². The lowest BCUT2D eigenvalue weighted by molar-refractivity contribution is 1.51. The molecule has 0 unspecified atom stereocenters. The summed E-state index contributed by atoms with van der Waals surface area (Å²) < 4.78 is 1.05. The van der Waals surface area contributed by atoms with Crippen LogP contribution in [0.2, 0.25) is 0 Å². The second kappa shape index (κ2) is 5.53. The van der Waals surface area contributed by atoms with Crippen molar-refractivity contribution in [3.63, 3.8) is 0 Å². The molecule has 0 saturated carbocycles. The first-order valence-electron chi connectivity index (χ1n) is 7.39. The molecule has 1 nitrogen and oxygen atoms in total. The van der Waals surface area contributed by atoms with Gasteiger partial charge in [-0.3, -0.25) is 0 Å². The molecule has 0 saturated heterocycles. The molecular formula is C21H12BrN. The Kier molecular flexibility index (Phi) is 3.37. The Morgan fingerprint density at radius 2 is 1.26 bits per heavy atom. The van der Waals surface area contributed by atoms with Gasteiger partial charge in [-0.1, -0.05) is 76.6 Å². The third-order valence-electron chi connectivity index (χ3n) is 4.16. The molecular weight excluding hydrogens is 346 g/mol. The first-order valence-corrected chi connectivity index (χ1v) is 8.18. The van der Waals surface area contributed by atoms with Crippen LogP contribution in [0.4, 0.5) is 0 Å². The van der Waals surface area contributed by atoms with Crippen molar-refractivity contribution in [2.45, 2.75) is 0 Å². The zero-order valence-corrected chi connectivity index (χ0v) is 13.8. The van der Waals surface area contributed by atoms with E-state index in [1.165, 1.54) is 5.56 Å². The second-order valence-electron chi connectivity index (χ2n) is 5.46. The molecule has 0 aliphatic heterocycles. The summed E-state index contributed by atoms with van der Waals surface area (Å²) in [5.74, 6) is 0. The first kappa shape index (κ1) is 14.0. The largest absolute Gasteiger partial charge is 0.192 e. The zero-order valence-electron chi connectivity index (χ0n) is 12.3. The Bertz CT molecular complexity index is 1030. The molecule has 4 aromatic carbocycles. The Hall–Kier alpha value is -2.63. The van der Waals surface area contributed by atoms with Crippen molar-refractivity contribution in [1.29, 1.82) is 5.26 Å². The molecule has 0 aliphatic rings. The molecule has 0 N–H and O–H groups in total. The minimum atomic E-state index is 0.745. The molecule has 0 bridgehead atoms. The third-order valence-corrected chi connectivity index (χ3v) is 4.65. The van der Waals surface area contributed by atoms with E-state index in [0.717, 1.165) is 37.1 Å². The van der Waals surface area contributed by atoms with Gasteiger partial charge in [-0.15, -0.1) is 0 Å². The first-order chi connectivity index (χ1) is 11.3.